The summed E-state index contributed by atoms with van der Waals surface area (Å²) in [5, 5.41) is 0. The Labute approximate surface area is 176 Å². The third kappa shape index (κ3) is 3.73. The first-order chi connectivity index (χ1) is 11.0. The summed E-state index contributed by atoms with van der Waals surface area (Å²) in [6.07, 6.45) is 0. The van der Waals surface area contributed by atoms with Gasteiger partial charge in [0, 0.05) is 45.3 Å². The Morgan fingerprint density at radius 1 is 1.00 bits per heavy atom. The zero-order valence-corrected chi connectivity index (χ0v) is 18.3. The van der Waals surface area contributed by atoms with Crippen molar-refractivity contribution in [3.8, 4) is 5.75 Å². The Morgan fingerprint density at radius 2 is 1.56 bits per heavy atom. The van der Waals surface area contributed by atoms with Gasteiger partial charge in [-0.2, -0.15) is 30.3 Å². The number of ether oxygens (including phenoxy) is 1. The molecule has 129 valence electrons. The number of carbonyl (C=O) groups is 1. The number of hydrogen-bond donors (Lipinski definition) is 0. The van der Waals surface area contributed by atoms with E-state index in [2.05, 4.69) is 11.0 Å². The summed E-state index contributed by atoms with van der Waals surface area (Å²) in [6, 6.07) is 18.4. The number of Topliss-reactive ketones (excluding diaryl/α,β-unsaturated/α-hetero) is 1. The van der Waals surface area contributed by atoms with E-state index >= 15 is 0 Å². The summed E-state index contributed by atoms with van der Waals surface area (Å²) < 4.78 is 5.23. The van der Waals surface area contributed by atoms with Gasteiger partial charge in [-0.25, -0.2) is 0 Å². The third-order valence-corrected chi connectivity index (χ3v) is 4.56. The second-order valence-corrected chi connectivity index (χ2v) is 6.19. The van der Waals surface area contributed by atoms with Crippen molar-refractivity contribution < 1.29 is 42.2 Å². The zero-order chi connectivity index (χ0) is 16.6. The standard InChI is InChI=1S/C20H20NO2.CH3.Y/c1-20(2)19(22)17(14-8-6-5-7-9-14)18(21(20)3)15-10-12-16(23-4)13-11-15;;/h6-13H,1-4H3;1H3;/q2*-1;. The van der Waals surface area contributed by atoms with Crippen LogP contribution in [-0.4, -0.2) is 30.4 Å². The molecule has 0 saturated heterocycles. The molecular formula is C21H23NO2Y-2. The Kier molecular flexibility index (Phi) is 7.16. The van der Waals surface area contributed by atoms with Crippen LogP contribution in [0.3, 0.4) is 0 Å². The molecule has 0 atom stereocenters. The van der Waals surface area contributed by atoms with Crippen molar-refractivity contribution in [2.24, 2.45) is 0 Å². The van der Waals surface area contributed by atoms with Crippen molar-refractivity contribution in [1.29, 1.82) is 0 Å². The van der Waals surface area contributed by atoms with Gasteiger partial charge < -0.3 is 17.1 Å². The van der Waals surface area contributed by atoms with E-state index in [0.29, 0.717) is 0 Å². The molecule has 0 amide bonds. The SMILES string of the molecule is COc1ccc(C2=C(c3cc[c-]cc3)C(=O)C(C)(C)N2C)cc1.[CH3-].[Y]. The minimum atomic E-state index is -0.565. The number of likely N-dealkylation sites (N-methyl/N-ethyl adjacent to an activating group) is 1. The van der Waals surface area contributed by atoms with Crippen molar-refractivity contribution in [2.45, 2.75) is 19.4 Å². The van der Waals surface area contributed by atoms with E-state index in [4.69, 9.17) is 4.74 Å². The monoisotopic (exact) mass is 410 g/mol. The molecule has 0 bridgehead atoms. The first kappa shape index (κ1) is 21.6. The Bertz CT molecular complexity index is 764. The predicted octanol–water partition coefficient (Wildman–Crippen LogP) is 4.10. The van der Waals surface area contributed by atoms with Gasteiger partial charge >= 0.3 is 0 Å². The molecule has 2 aromatic rings. The van der Waals surface area contributed by atoms with Gasteiger partial charge in [0.25, 0.3) is 0 Å². The van der Waals surface area contributed by atoms with Crippen molar-refractivity contribution >= 4 is 17.1 Å². The summed E-state index contributed by atoms with van der Waals surface area (Å²) in [4.78, 5) is 15.1. The Balaban J connectivity index is 0.00000156. The normalized spacial score (nSPS) is 15.5. The molecule has 0 N–H and O–H groups in total. The molecule has 0 fully saturated rings. The summed E-state index contributed by atoms with van der Waals surface area (Å²) in [6.45, 7) is 3.92. The third-order valence-electron chi connectivity index (χ3n) is 4.56. The van der Waals surface area contributed by atoms with Gasteiger partial charge in [0.15, 0.2) is 5.78 Å². The fraction of sp³-hybridized carbons (Fsp3) is 0.238. The summed E-state index contributed by atoms with van der Waals surface area (Å²) in [7, 11) is 3.62. The summed E-state index contributed by atoms with van der Waals surface area (Å²) in [5.41, 5.74) is 3.09. The van der Waals surface area contributed by atoms with Gasteiger partial charge in [-0.1, -0.05) is 0 Å². The molecule has 0 aromatic heterocycles. The number of nitrogens with zero attached hydrogens (tertiary/aromatic N) is 1. The molecule has 1 radical (unpaired) electrons. The molecular weight excluding hydrogens is 387 g/mol. The molecule has 25 heavy (non-hydrogen) atoms. The van der Waals surface area contributed by atoms with E-state index in [1.165, 1.54) is 0 Å². The van der Waals surface area contributed by atoms with E-state index in [1.54, 1.807) is 7.11 Å². The molecule has 0 aliphatic carbocycles. The van der Waals surface area contributed by atoms with Gasteiger partial charge in [0.2, 0.25) is 0 Å². The number of methoxy groups -OCH3 is 1. The van der Waals surface area contributed by atoms with Crippen LogP contribution in [0.2, 0.25) is 0 Å². The molecule has 3 rings (SSSR count). The molecule has 4 heteroatoms. The van der Waals surface area contributed by atoms with Crippen LogP contribution in [0, 0.1) is 13.5 Å². The zero-order valence-electron chi connectivity index (χ0n) is 15.5. The quantitative estimate of drug-likeness (QED) is 0.714. The minimum Gasteiger partial charge on any atom is -0.497 e. The first-order valence-corrected chi connectivity index (χ1v) is 7.60. The molecule has 3 nitrogen and oxygen atoms in total. The molecule has 0 saturated carbocycles. The number of rotatable bonds is 3. The van der Waals surface area contributed by atoms with Crippen LogP contribution in [0.15, 0.2) is 48.5 Å². The van der Waals surface area contributed by atoms with Crippen LogP contribution >= 0.6 is 0 Å². The van der Waals surface area contributed by atoms with Crippen molar-refractivity contribution in [3.05, 3.63) is 73.2 Å². The van der Waals surface area contributed by atoms with Gasteiger partial charge in [-0.3, -0.25) is 4.79 Å². The molecule has 0 spiro atoms. The van der Waals surface area contributed by atoms with Gasteiger partial charge in [0.1, 0.15) is 5.75 Å². The maximum Gasteiger partial charge on any atom is 0.188 e. The van der Waals surface area contributed by atoms with Crippen molar-refractivity contribution in [2.75, 3.05) is 14.2 Å². The minimum absolute atomic E-state index is 0. The molecule has 0 unspecified atom stereocenters. The number of carbonyl (C=O) groups excluding carboxylic acids is 1. The number of hydrogen-bond acceptors (Lipinski definition) is 3. The van der Waals surface area contributed by atoms with Crippen molar-refractivity contribution in [1.82, 2.24) is 4.90 Å². The predicted molar refractivity (Wildman–Crippen MR) is 98.3 cm³/mol. The number of benzene rings is 2. The smallest absolute Gasteiger partial charge is 0.188 e. The Morgan fingerprint density at radius 3 is 2.08 bits per heavy atom. The van der Waals surface area contributed by atoms with E-state index in [-0.39, 0.29) is 45.9 Å². The largest absolute Gasteiger partial charge is 0.497 e. The van der Waals surface area contributed by atoms with Crippen LogP contribution in [0.1, 0.15) is 25.0 Å². The summed E-state index contributed by atoms with van der Waals surface area (Å²) in [5.74, 6) is 0.938. The molecule has 1 aliphatic rings. The maximum atomic E-state index is 13.0. The topological polar surface area (TPSA) is 29.5 Å². The fourth-order valence-corrected chi connectivity index (χ4v) is 2.92. The van der Waals surface area contributed by atoms with Crippen molar-refractivity contribution in [3.63, 3.8) is 0 Å². The fourth-order valence-electron chi connectivity index (χ4n) is 2.92. The number of ketones is 1. The van der Waals surface area contributed by atoms with E-state index in [1.807, 2.05) is 69.4 Å². The van der Waals surface area contributed by atoms with Crippen LogP contribution in [0.5, 0.6) is 5.75 Å². The van der Waals surface area contributed by atoms with Crippen LogP contribution in [0.25, 0.3) is 11.3 Å². The molecule has 2 aromatic carbocycles. The second-order valence-electron chi connectivity index (χ2n) is 6.19. The van der Waals surface area contributed by atoms with Gasteiger partial charge in [0.05, 0.1) is 18.3 Å². The average Bonchev–Trinajstić information content (AvgIpc) is 2.76. The first-order valence-electron chi connectivity index (χ1n) is 7.60. The van der Waals surface area contributed by atoms with Crippen LogP contribution in [-0.2, 0) is 37.5 Å². The Hall–Kier alpha value is -1.45. The van der Waals surface area contributed by atoms with Crippen LogP contribution in [0.4, 0.5) is 0 Å². The van der Waals surface area contributed by atoms with Gasteiger partial charge in [-0.05, 0) is 43.7 Å². The molecule has 1 aliphatic heterocycles. The van der Waals surface area contributed by atoms with E-state index in [9.17, 15) is 4.79 Å². The second kappa shape index (κ2) is 8.29. The summed E-state index contributed by atoms with van der Waals surface area (Å²) >= 11 is 0. The van der Waals surface area contributed by atoms with E-state index < -0.39 is 5.54 Å². The molecule has 1 heterocycles. The maximum absolute atomic E-state index is 13.0. The average molecular weight is 410 g/mol. The van der Waals surface area contributed by atoms with Gasteiger partial charge in [-0.15, -0.1) is 5.56 Å². The van der Waals surface area contributed by atoms with Crippen LogP contribution < -0.4 is 4.74 Å². The van der Waals surface area contributed by atoms with E-state index in [0.717, 1.165) is 28.1 Å².